The summed E-state index contributed by atoms with van der Waals surface area (Å²) in [6, 6.07) is 0. The smallest absolute Gasteiger partial charge is 0.222 e. The Morgan fingerprint density at radius 3 is 2.93 bits per heavy atom. The van der Waals surface area contributed by atoms with E-state index in [1.54, 1.807) is 6.20 Å². The Bertz CT molecular complexity index is 351. The van der Waals surface area contributed by atoms with Gasteiger partial charge >= 0.3 is 0 Å². The Morgan fingerprint density at radius 2 is 2.33 bits per heavy atom. The van der Waals surface area contributed by atoms with E-state index in [4.69, 9.17) is 5.73 Å². The molecule has 1 saturated carbocycles. The van der Waals surface area contributed by atoms with Gasteiger partial charge in [0.05, 0.1) is 4.47 Å². The van der Waals surface area contributed by atoms with Crippen molar-refractivity contribution in [3.63, 3.8) is 0 Å². The number of hydrogen-bond acceptors (Lipinski definition) is 4. The molecule has 2 rings (SSSR count). The van der Waals surface area contributed by atoms with Gasteiger partial charge in [0.25, 0.3) is 0 Å². The van der Waals surface area contributed by atoms with Crippen molar-refractivity contribution in [2.75, 3.05) is 24.2 Å². The fourth-order valence-electron chi connectivity index (χ4n) is 1.79. The standard InChI is InChI=1S/C10H15BrN4/c1-15(6-7-3-2-4-7)9-8(11)5-13-10(12)14-9/h5,7H,2-4,6H2,1H3,(H2,12,13,14). The normalized spacial score (nSPS) is 16.1. The monoisotopic (exact) mass is 270 g/mol. The third kappa shape index (κ3) is 2.40. The minimum atomic E-state index is 0.327. The topological polar surface area (TPSA) is 55.0 Å². The lowest BCUT2D eigenvalue weighted by Crippen LogP contribution is -2.30. The van der Waals surface area contributed by atoms with E-state index in [1.807, 2.05) is 7.05 Å². The van der Waals surface area contributed by atoms with Gasteiger partial charge in [0.15, 0.2) is 0 Å². The first-order valence-electron chi connectivity index (χ1n) is 5.16. The van der Waals surface area contributed by atoms with Crippen molar-refractivity contribution in [2.45, 2.75) is 19.3 Å². The predicted octanol–water partition coefficient (Wildman–Crippen LogP) is 2.06. The molecule has 2 N–H and O–H groups in total. The lowest BCUT2D eigenvalue weighted by atomic mass is 9.85. The fourth-order valence-corrected chi connectivity index (χ4v) is 2.28. The minimum Gasteiger partial charge on any atom is -0.368 e. The van der Waals surface area contributed by atoms with Crippen molar-refractivity contribution < 1.29 is 0 Å². The average Bonchev–Trinajstić information content (AvgIpc) is 2.15. The molecule has 82 valence electrons. The first-order chi connectivity index (χ1) is 7.16. The zero-order valence-corrected chi connectivity index (χ0v) is 10.4. The lowest BCUT2D eigenvalue weighted by Gasteiger charge is -2.31. The van der Waals surface area contributed by atoms with Crippen molar-refractivity contribution in [3.05, 3.63) is 10.7 Å². The van der Waals surface area contributed by atoms with Crippen LogP contribution >= 0.6 is 15.9 Å². The summed E-state index contributed by atoms with van der Waals surface area (Å²) < 4.78 is 0.901. The number of rotatable bonds is 3. The van der Waals surface area contributed by atoms with Crippen LogP contribution in [0.4, 0.5) is 11.8 Å². The Hall–Kier alpha value is -0.840. The van der Waals surface area contributed by atoms with Crippen molar-refractivity contribution in [2.24, 2.45) is 5.92 Å². The van der Waals surface area contributed by atoms with E-state index in [0.717, 1.165) is 22.8 Å². The molecule has 0 saturated heterocycles. The molecule has 0 aliphatic heterocycles. The van der Waals surface area contributed by atoms with Crippen LogP contribution in [0.15, 0.2) is 10.7 Å². The highest BCUT2D eigenvalue weighted by Gasteiger charge is 2.20. The first kappa shape index (κ1) is 10.7. The molecule has 1 aliphatic rings. The number of nitrogens with two attached hydrogens (primary N) is 1. The Morgan fingerprint density at radius 1 is 1.60 bits per heavy atom. The van der Waals surface area contributed by atoms with Gasteiger partial charge in [-0.2, -0.15) is 4.98 Å². The second-order valence-corrected chi connectivity index (χ2v) is 4.93. The van der Waals surface area contributed by atoms with Crippen LogP contribution in [0, 0.1) is 5.92 Å². The number of hydrogen-bond donors (Lipinski definition) is 1. The molecule has 0 aromatic carbocycles. The minimum absolute atomic E-state index is 0.327. The summed E-state index contributed by atoms with van der Waals surface area (Å²) in [7, 11) is 2.05. The van der Waals surface area contributed by atoms with E-state index in [9.17, 15) is 0 Å². The summed E-state index contributed by atoms with van der Waals surface area (Å²) in [5.41, 5.74) is 5.57. The maximum Gasteiger partial charge on any atom is 0.222 e. The quantitative estimate of drug-likeness (QED) is 0.914. The van der Waals surface area contributed by atoms with E-state index < -0.39 is 0 Å². The van der Waals surface area contributed by atoms with Crippen LogP contribution in [-0.4, -0.2) is 23.6 Å². The average molecular weight is 271 g/mol. The highest BCUT2D eigenvalue weighted by molar-refractivity contribution is 9.10. The highest BCUT2D eigenvalue weighted by atomic mass is 79.9. The van der Waals surface area contributed by atoms with E-state index in [2.05, 4.69) is 30.8 Å². The van der Waals surface area contributed by atoms with Crippen LogP contribution in [0.1, 0.15) is 19.3 Å². The van der Waals surface area contributed by atoms with Crippen LogP contribution < -0.4 is 10.6 Å². The second kappa shape index (κ2) is 4.35. The predicted molar refractivity (Wildman–Crippen MR) is 64.8 cm³/mol. The van der Waals surface area contributed by atoms with E-state index >= 15 is 0 Å². The molecule has 5 heteroatoms. The summed E-state index contributed by atoms with van der Waals surface area (Å²) in [4.78, 5) is 10.3. The zero-order valence-electron chi connectivity index (χ0n) is 8.78. The van der Waals surface area contributed by atoms with Crippen molar-refractivity contribution in [1.82, 2.24) is 9.97 Å². The van der Waals surface area contributed by atoms with Gasteiger partial charge in [-0.1, -0.05) is 6.42 Å². The van der Waals surface area contributed by atoms with Crippen LogP contribution in [-0.2, 0) is 0 Å². The molecule has 1 aliphatic carbocycles. The Labute approximate surface area is 98.0 Å². The zero-order chi connectivity index (χ0) is 10.8. The SMILES string of the molecule is CN(CC1CCC1)c1nc(N)ncc1Br. The third-order valence-electron chi connectivity index (χ3n) is 2.86. The summed E-state index contributed by atoms with van der Waals surface area (Å²) in [5.74, 6) is 2.03. The maximum absolute atomic E-state index is 5.57. The molecule has 1 aromatic heterocycles. The van der Waals surface area contributed by atoms with Gasteiger partial charge in [0, 0.05) is 19.8 Å². The third-order valence-corrected chi connectivity index (χ3v) is 3.42. The van der Waals surface area contributed by atoms with E-state index in [0.29, 0.717) is 5.95 Å². The largest absolute Gasteiger partial charge is 0.368 e. The number of nitrogen functional groups attached to an aromatic ring is 1. The number of nitrogens with zero attached hydrogens (tertiary/aromatic N) is 3. The van der Waals surface area contributed by atoms with E-state index in [1.165, 1.54) is 19.3 Å². The van der Waals surface area contributed by atoms with Crippen LogP contribution in [0.25, 0.3) is 0 Å². The second-order valence-electron chi connectivity index (χ2n) is 4.08. The van der Waals surface area contributed by atoms with Crippen LogP contribution in [0.5, 0.6) is 0 Å². The van der Waals surface area contributed by atoms with Crippen LogP contribution in [0.2, 0.25) is 0 Å². The molecular weight excluding hydrogens is 256 g/mol. The Kier molecular flexibility index (Phi) is 3.09. The van der Waals surface area contributed by atoms with E-state index in [-0.39, 0.29) is 0 Å². The van der Waals surface area contributed by atoms with Gasteiger partial charge in [0.1, 0.15) is 5.82 Å². The molecule has 0 amide bonds. The van der Waals surface area contributed by atoms with Crippen LogP contribution in [0.3, 0.4) is 0 Å². The van der Waals surface area contributed by atoms with Crippen molar-refractivity contribution in [3.8, 4) is 0 Å². The Balaban J connectivity index is 2.09. The van der Waals surface area contributed by atoms with Gasteiger partial charge in [0.2, 0.25) is 5.95 Å². The van der Waals surface area contributed by atoms with Gasteiger partial charge in [-0.3, -0.25) is 0 Å². The fraction of sp³-hybridized carbons (Fsp3) is 0.600. The molecular formula is C10H15BrN4. The summed E-state index contributed by atoms with van der Waals surface area (Å²) >= 11 is 3.44. The first-order valence-corrected chi connectivity index (χ1v) is 5.95. The summed E-state index contributed by atoms with van der Waals surface area (Å²) in [6.07, 6.45) is 5.74. The molecule has 15 heavy (non-hydrogen) atoms. The molecule has 1 aromatic rings. The molecule has 0 atom stereocenters. The number of anilines is 2. The molecule has 1 heterocycles. The summed E-state index contributed by atoms with van der Waals surface area (Å²) in [5, 5.41) is 0. The van der Waals surface area contributed by atoms with Gasteiger partial charge in [-0.25, -0.2) is 4.98 Å². The number of halogens is 1. The maximum atomic E-state index is 5.57. The van der Waals surface area contributed by atoms with Gasteiger partial charge < -0.3 is 10.6 Å². The highest BCUT2D eigenvalue weighted by Crippen LogP contribution is 2.30. The van der Waals surface area contributed by atoms with Gasteiger partial charge in [-0.15, -0.1) is 0 Å². The lowest BCUT2D eigenvalue weighted by molar-refractivity contribution is 0.321. The molecule has 0 radical (unpaired) electrons. The van der Waals surface area contributed by atoms with Crippen molar-refractivity contribution in [1.29, 1.82) is 0 Å². The summed E-state index contributed by atoms with van der Waals surface area (Å²) in [6.45, 7) is 1.05. The molecule has 0 unspecified atom stereocenters. The molecule has 0 bridgehead atoms. The molecule has 0 spiro atoms. The molecule has 1 fully saturated rings. The van der Waals surface area contributed by atoms with Crippen molar-refractivity contribution >= 4 is 27.7 Å². The number of aromatic nitrogens is 2. The van der Waals surface area contributed by atoms with Gasteiger partial charge in [-0.05, 0) is 34.7 Å². The molecule has 4 nitrogen and oxygen atoms in total.